The zero-order chi connectivity index (χ0) is 27.4. The third kappa shape index (κ3) is 5.15. The summed E-state index contributed by atoms with van der Waals surface area (Å²) in [6.07, 6.45) is -1.82. The van der Waals surface area contributed by atoms with E-state index in [1.807, 2.05) is 6.92 Å². The normalized spacial score (nSPS) is 20.9. The molecule has 2 aromatic rings. The van der Waals surface area contributed by atoms with Gasteiger partial charge in [0.05, 0.1) is 15.5 Å². The van der Waals surface area contributed by atoms with Crippen LogP contribution in [-0.4, -0.2) is 43.7 Å². The second-order valence-electron chi connectivity index (χ2n) is 10.2. The summed E-state index contributed by atoms with van der Waals surface area (Å²) in [7, 11) is -3.82. The number of carbonyl (C=O) groups excluding carboxylic acids is 2. The lowest BCUT2D eigenvalue weighted by molar-refractivity contribution is -0.137. The number of sulfonamides is 1. The molecule has 0 bridgehead atoms. The largest absolute Gasteiger partial charge is 0.417 e. The molecular formula is C26H27ClF3N3O4S. The maximum Gasteiger partial charge on any atom is 0.417 e. The number of alkyl halides is 3. The van der Waals surface area contributed by atoms with Crippen molar-refractivity contribution in [3.63, 3.8) is 0 Å². The van der Waals surface area contributed by atoms with E-state index in [0.717, 1.165) is 36.2 Å². The predicted molar refractivity (Wildman–Crippen MR) is 136 cm³/mol. The monoisotopic (exact) mass is 569 g/mol. The minimum atomic E-state index is -4.65. The Morgan fingerprint density at radius 3 is 2.32 bits per heavy atom. The van der Waals surface area contributed by atoms with Gasteiger partial charge in [-0.3, -0.25) is 9.59 Å². The van der Waals surface area contributed by atoms with Crippen LogP contribution in [0.5, 0.6) is 0 Å². The van der Waals surface area contributed by atoms with Crippen LogP contribution in [0.25, 0.3) is 0 Å². The number of nitrogens with zero attached hydrogens (tertiary/aromatic N) is 2. The Labute approximate surface area is 224 Å². The molecule has 1 saturated carbocycles. The summed E-state index contributed by atoms with van der Waals surface area (Å²) in [5, 5.41) is 2.04. The van der Waals surface area contributed by atoms with Crippen molar-refractivity contribution in [3.8, 4) is 0 Å². The number of piperidine rings is 1. The van der Waals surface area contributed by atoms with Gasteiger partial charge in [0, 0.05) is 42.3 Å². The summed E-state index contributed by atoms with van der Waals surface area (Å²) in [4.78, 5) is 27.3. The van der Waals surface area contributed by atoms with Gasteiger partial charge in [-0.2, -0.15) is 17.5 Å². The molecule has 2 heterocycles. The zero-order valence-electron chi connectivity index (χ0n) is 20.6. The molecule has 1 unspecified atom stereocenters. The van der Waals surface area contributed by atoms with E-state index < -0.39 is 38.6 Å². The van der Waals surface area contributed by atoms with E-state index in [-0.39, 0.29) is 54.4 Å². The van der Waals surface area contributed by atoms with Gasteiger partial charge in [0.1, 0.15) is 0 Å². The molecule has 1 saturated heterocycles. The average Bonchev–Trinajstić information content (AvgIpc) is 3.66. The van der Waals surface area contributed by atoms with E-state index in [1.165, 1.54) is 16.4 Å². The molecule has 2 aliphatic heterocycles. The maximum atomic E-state index is 13.4. The number of anilines is 2. The number of hydrogen-bond donors (Lipinski definition) is 1. The van der Waals surface area contributed by atoms with Gasteiger partial charge in [-0.05, 0) is 81.0 Å². The van der Waals surface area contributed by atoms with Crippen molar-refractivity contribution in [2.75, 3.05) is 23.3 Å². The van der Waals surface area contributed by atoms with Crippen LogP contribution < -0.4 is 10.2 Å². The molecule has 0 radical (unpaired) electrons. The first-order valence-corrected chi connectivity index (χ1v) is 14.3. The number of nitrogens with one attached hydrogen (secondary N) is 1. The first-order valence-electron chi connectivity index (χ1n) is 12.5. The van der Waals surface area contributed by atoms with E-state index in [0.29, 0.717) is 6.42 Å². The number of amides is 2. The van der Waals surface area contributed by atoms with E-state index in [2.05, 4.69) is 5.32 Å². The fourth-order valence-electron chi connectivity index (χ4n) is 5.20. The van der Waals surface area contributed by atoms with Gasteiger partial charge < -0.3 is 10.2 Å². The summed E-state index contributed by atoms with van der Waals surface area (Å²) in [5.41, 5.74) is 0.521. The second-order valence-corrected chi connectivity index (χ2v) is 12.5. The Kier molecular flexibility index (Phi) is 6.98. The topological polar surface area (TPSA) is 86.8 Å². The van der Waals surface area contributed by atoms with Gasteiger partial charge in [-0.15, -0.1) is 0 Å². The molecular weight excluding hydrogens is 543 g/mol. The molecule has 0 spiro atoms. The number of rotatable bonds is 5. The molecule has 38 heavy (non-hydrogen) atoms. The summed E-state index contributed by atoms with van der Waals surface area (Å²) < 4.78 is 67.4. The van der Waals surface area contributed by atoms with Crippen molar-refractivity contribution in [1.82, 2.24) is 4.31 Å². The molecule has 7 nitrogen and oxygen atoms in total. The number of carbonyl (C=O) groups is 2. The van der Waals surface area contributed by atoms with Gasteiger partial charge in [0.15, 0.2) is 0 Å². The molecule has 1 aliphatic carbocycles. The second kappa shape index (κ2) is 9.84. The van der Waals surface area contributed by atoms with Crippen LogP contribution in [0.15, 0.2) is 41.3 Å². The lowest BCUT2D eigenvalue weighted by Crippen LogP contribution is -2.41. The van der Waals surface area contributed by atoms with Crippen LogP contribution in [0.3, 0.4) is 0 Å². The number of fused-ring (bicyclic) bond motifs is 1. The molecule has 0 aromatic heterocycles. The van der Waals surface area contributed by atoms with E-state index in [1.54, 1.807) is 17.0 Å². The molecule has 1 atom stereocenters. The smallest absolute Gasteiger partial charge is 0.326 e. The van der Waals surface area contributed by atoms with Crippen LogP contribution in [0.2, 0.25) is 5.02 Å². The van der Waals surface area contributed by atoms with Crippen molar-refractivity contribution in [2.45, 2.75) is 56.1 Å². The first kappa shape index (κ1) is 27.0. The molecule has 1 N–H and O–H groups in total. The zero-order valence-corrected chi connectivity index (χ0v) is 22.2. The third-order valence-corrected chi connectivity index (χ3v) is 9.66. The van der Waals surface area contributed by atoms with Crippen LogP contribution in [-0.2, 0) is 32.2 Å². The predicted octanol–water partition coefficient (Wildman–Crippen LogP) is 5.09. The Hall–Kier alpha value is -2.63. The van der Waals surface area contributed by atoms with Crippen LogP contribution in [0.1, 0.15) is 43.7 Å². The molecule has 5 rings (SSSR count). The highest BCUT2D eigenvalue weighted by Crippen LogP contribution is 2.40. The Morgan fingerprint density at radius 1 is 1.00 bits per heavy atom. The van der Waals surface area contributed by atoms with Crippen molar-refractivity contribution in [1.29, 1.82) is 0 Å². The lowest BCUT2D eigenvalue weighted by atomic mass is 9.97. The SMILES string of the molecule is CC1Cc2cc(S(=O)(=O)N3CCC(C(=O)Nc4ccc(Cl)c(C(F)(F)F)c4)CC3)ccc2N1C(=O)C1CC1. The van der Waals surface area contributed by atoms with E-state index in [9.17, 15) is 31.2 Å². The summed E-state index contributed by atoms with van der Waals surface area (Å²) in [6.45, 7) is 2.17. The highest BCUT2D eigenvalue weighted by atomic mass is 35.5. The van der Waals surface area contributed by atoms with Crippen molar-refractivity contribution >= 4 is 44.8 Å². The van der Waals surface area contributed by atoms with Crippen LogP contribution >= 0.6 is 11.6 Å². The number of halogens is 4. The molecule has 2 aromatic carbocycles. The fraction of sp³-hybridized carbons (Fsp3) is 0.462. The van der Waals surface area contributed by atoms with Gasteiger partial charge in [0.25, 0.3) is 0 Å². The summed E-state index contributed by atoms with van der Waals surface area (Å²) >= 11 is 5.64. The van der Waals surface area contributed by atoms with Crippen LogP contribution in [0.4, 0.5) is 24.5 Å². The molecule has 2 fully saturated rings. The standard InChI is InChI=1S/C26H27ClF3N3O4S/c1-15-12-18-13-20(5-7-23(18)33(15)25(35)17-2-3-17)38(36,37)32-10-8-16(9-11-32)24(34)31-19-4-6-22(27)21(14-19)26(28,29)30/h4-7,13-17H,2-3,8-12H2,1H3,(H,31,34). The Balaban J connectivity index is 1.23. The van der Waals surface area contributed by atoms with E-state index in [4.69, 9.17) is 11.6 Å². The van der Waals surface area contributed by atoms with Crippen molar-refractivity contribution in [2.24, 2.45) is 11.8 Å². The van der Waals surface area contributed by atoms with E-state index >= 15 is 0 Å². The maximum absolute atomic E-state index is 13.4. The highest BCUT2D eigenvalue weighted by molar-refractivity contribution is 7.89. The quantitative estimate of drug-likeness (QED) is 0.544. The molecule has 204 valence electrons. The molecule has 12 heteroatoms. The third-order valence-electron chi connectivity index (χ3n) is 7.43. The summed E-state index contributed by atoms with van der Waals surface area (Å²) in [6, 6.07) is 7.99. The first-order chi connectivity index (χ1) is 17.9. The molecule has 2 amide bonds. The van der Waals surface area contributed by atoms with Gasteiger partial charge in [0.2, 0.25) is 21.8 Å². The van der Waals surface area contributed by atoms with Gasteiger partial charge >= 0.3 is 6.18 Å². The molecule has 3 aliphatic rings. The average molecular weight is 570 g/mol. The minimum absolute atomic E-state index is 0.0247. The fourth-order valence-corrected chi connectivity index (χ4v) is 6.95. The van der Waals surface area contributed by atoms with Gasteiger partial charge in [-0.1, -0.05) is 11.6 Å². The van der Waals surface area contributed by atoms with Gasteiger partial charge in [-0.25, -0.2) is 8.42 Å². The van der Waals surface area contributed by atoms with Crippen LogP contribution in [0, 0.1) is 11.8 Å². The number of hydrogen-bond acceptors (Lipinski definition) is 4. The van der Waals surface area contributed by atoms with Crippen molar-refractivity contribution < 1.29 is 31.2 Å². The number of benzene rings is 2. The van der Waals surface area contributed by atoms with Crippen molar-refractivity contribution in [3.05, 3.63) is 52.5 Å². The lowest BCUT2D eigenvalue weighted by Gasteiger charge is -2.30. The Bertz CT molecular complexity index is 1390. The Morgan fingerprint density at radius 2 is 1.68 bits per heavy atom. The summed E-state index contributed by atoms with van der Waals surface area (Å²) in [5.74, 6) is -0.851. The minimum Gasteiger partial charge on any atom is -0.326 e. The highest BCUT2D eigenvalue weighted by Gasteiger charge is 2.40.